The molecule has 1 aromatic heterocycles. The molecule has 0 N–H and O–H groups in total. The Bertz CT molecular complexity index is 659. The van der Waals surface area contributed by atoms with E-state index in [2.05, 4.69) is 68.1 Å². The first-order chi connectivity index (χ1) is 8.83. The van der Waals surface area contributed by atoms with Gasteiger partial charge in [0.1, 0.15) is 23.8 Å². The molecule has 0 radical (unpaired) electrons. The Morgan fingerprint density at radius 1 is 0.944 bits per heavy atom. The van der Waals surface area contributed by atoms with Crippen LogP contribution >= 0.6 is 15.9 Å². The summed E-state index contributed by atoms with van der Waals surface area (Å²) in [5, 5.41) is 0. The summed E-state index contributed by atoms with van der Waals surface area (Å²) in [5.74, 6) is 0. The smallest absolute Gasteiger partial charge is 0.202 e. The van der Waals surface area contributed by atoms with E-state index in [1.807, 2.05) is 30.3 Å². The van der Waals surface area contributed by atoms with Gasteiger partial charge in [0.15, 0.2) is 0 Å². The maximum absolute atomic E-state index is 3.49. The molecule has 0 aliphatic rings. The molecule has 0 fully saturated rings. The lowest BCUT2D eigenvalue weighted by molar-refractivity contribution is -0.594. The zero-order chi connectivity index (χ0) is 12.4. The van der Waals surface area contributed by atoms with Crippen molar-refractivity contribution in [2.24, 2.45) is 0 Å². The number of hydrogen-bond acceptors (Lipinski definition) is 0. The molecule has 2 nitrogen and oxygen atoms in total. The van der Waals surface area contributed by atoms with Crippen LogP contribution in [0.25, 0.3) is 11.4 Å². The van der Waals surface area contributed by atoms with Gasteiger partial charge < -0.3 is 0 Å². The molecular weight excluding hydrogens is 288 g/mol. The van der Waals surface area contributed by atoms with E-state index in [4.69, 9.17) is 0 Å². The fourth-order valence-corrected chi connectivity index (χ4v) is 2.28. The summed E-state index contributed by atoms with van der Waals surface area (Å²) >= 11 is 3.49. The topological polar surface area (TPSA) is 8.81 Å². The normalized spacial score (nSPS) is 10.5. The van der Waals surface area contributed by atoms with Crippen LogP contribution in [0.3, 0.4) is 0 Å². The molecule has 0 spiro atoms. The minimum atomic E-state index is 1.08. The van der Waals surface area contributed by atoms with E-state index in [-0.39, 0.29) is 0 Å². The zero-order valence-electron chi connectivity index (χ0n) is 9.70. The number of imidazole rings is 1. The predicted octanol–water partition coefficient (Wildman–Crippen LogP) is 3.52. The van der Waals surface area contributed by atoms with E-state index in [1.54, 1.807) is 0 Å². The van der Waals surface area contributed by atoms with Gasteiger partial charge in [-0.05, 0) is 30.3 Å². The third-order valence-electron chi connectivity index (χ3n) is 2.80. The lowest BCUT2D eigenvalue weighted by Gasteiger charge is -1.96. The highest BCUT2D eigenvalue weighted by Gasteiger charge is 2.07. The molecule has 0 bridgehead atoms. The standard InChI is InChI=1S/C15H12BrN2/c16-13-5-4-8-15(11-13)18-10-9-17(12-18)14-6-2-1-3-7-14/h1-12H/q+1. The Kier molecular flexibility index (Phi) is 2.99. The number of para-hydroxylation sites is 1. The summed E-state index contributed by atoms with van der Waals surface area (Å²) < 4.78 is 5.28. The second kappa shape index (κ2) is 4.78. The molecular formula is C15H12BrN2+. The van der Waals surface area contributed by atoms with Crippen molar-refractivity contribution in [2.45, 2.75) is 0 Å². The van der Waals surface area contributed by atoms with E-state index in [1.165, 1.54) is 0 Å². The van der Waals surface area contributed by atoms with Gasteiger partial charge in [0.25, 0.3) is 6.33 Å². The van der Waals surface area contributed by atoms with Crippen LogP contribution in [0.2, 0.25) is 0 Å². The van der Waals surface area contributed by atoms with Gasteiger partial charge in [-0.25, -0.2) is 9.13 Å². The molecule has 0 unspecified atom stereocenters. The maximum Gasteiger partial charge on any atom is 0.254 e. The molecule has 0 aliphatic carbocycles. The summed E-state index contributed by atoms with van der Waals surface area (Å²) in [5.41, 5.74) is 2.30. The number of benzene rings is 2. The third kappa shape index (κ3) is 2.22. The lowest BCUT2D eigenvalue weighted by Crippen LogP contribution is -2.27. The molecule has 0 aliphatic heterocycles. The van der Waals surface area contributed by atoms with Crippen LogP contribution in [-0.2, 0) is 0 Å². The average molecular weight is 300 g/mol. The van der Waals surface area contributed by atoms with Crippen LogP contribution in [-0.4, -0.2) is 4.57 Å². The summed E-state index contributed by atoms with van der Waals surface area (Å²) in [6.07, 6.45) is 6.17. The Hall–Kier alpha value is -1.87. The fourth-order valence-electron chi connectivity index (χ4n) is 1.90. The van der Waals surface area contributed by atoms with E-state index in [0.717, 1.165) is 15.8 Å². The van der Waals surface area contributed by atoms with Gasteiger partial charge >= 0.3 is 0 Å². The molecule has 3 rings (SSSR count). The molecule has 3 heteroatoms. The Labute approximate surface area is 114 Å². The number of rotatable bonds is 2. The van der Waals surface area contributed by atoms with Crippen LogP contribution in [0.15, 0.2) is 77.8 Å². The van der Waals surface area contributed by atoms with Gasteiger partial charge in [-0.3, -0.25) is 0 Å². The number of aromatic nitrogens is 2. The fraction of sp³-hybridized carbons (Fsp3) is 0. The first-order valence-corrected chi connectivity index (χ1v) is 6.53. The first kappa shape index (κ1) is 11.2. The molecule has 18 heavy (non-hydrogen) atoms. The molecule has 0 atom stereocenters. The molecule has 0 saturated heterocycles. The van der Waals surface area contributed by atoms with Gasteiger partial charge in [-0.2, -0.15) is 0 Å². The van der Waals surface area contributed by atoms with E-state index >= 15 is 0 Å². The van der Waals surface area contributed by atoms with Crippen molar-refractivity contribution < 1.29 is 4.57 Å². The van der Waals surface area contributed by atoms with E-state index < -0.39 is 0 Å². The van der Waals surface area contributed by atoms with Gasteiger partial charge in [0.05, 0.1) is 0 Å². The molecule has 2 aromatic carbocycles. The zero-order valence-corrected chi connectivity index (χ0v) is 11.3. The Morgan fingerprint density at radius 3 is 2.56 bits per heavy atom. The maximum atomic E-state index is 3.49. The van der Waals surface area contributed by atoms with Gasteiger partial charge in [-0.1, -0.05) is 40.2 Å². The SMILES string of the molecule is Brc1cccc(-n2cc[n+](-c3ccccc3)c2)c1. The summed E-state index contributed by atoms with van der Waals surface area (Å²) in [6, 6.07) is 18.5. The quantitative estimate of drug-likeness (QED) is 0.640. The van der Waals surface area contributed by atoms with Crippen molar-refractivity contribution in [3.63, 3.8) is 0 Å². The van der Waals surface area contributed by atoms with Crippen molar-refractivity contribution in [3.8, 4) is 11.4 Å². The second-order valence-corrected chi connectivity index (χ2v) is 4.96. The van der Waals surface area contributed by atoms with Crippen molar-refractivity contribution in [3.05, 3.63) is 77.8 Å². The van der Waals surface area contributed by atoms with Crippen molar-refractivity contribution in [1.82, 2.24) is 4.57 Å². The molecule has 88 valence electrons. The Morgan fingerprint density at radius 2 is 1.78 bits per heavy atom. The minimum Gasteiger partial charge on any atom is -0.202 e. The van der Waals surface area contributed by atoms with Gasteiger partial charge in [0.2, 0.25) is 0 Å². The van der Waals surface area contributed by atoms with Crippen LogP contribution in [0.1, 0.15) is 0 Å². The van der Waals surface area contributed by atoms with Crippen LogP contribution in [0.5, 0.6) is 0 Å². The van der Waals surface area contributed by atoms with E-state index in [9.17, 15) is 0 Å². The highest BCUT2D eigenvalue weighted by Crippen LogP contribution is 2.14. The predicted molar refractivity (Wildman–Crippen MR) is 75.0 cm³/mol. The summed E-state index contributed by atoms with van der Waals surface area (Å²) in [4.78, 5) is 0. The third-order valence-corrected chi connectivity index (χ3v) is 3.29. The lowest BCUT2D eigenvalue weighted by atomic mass is 10.3. The number of hydrogen-bond donors (Lipinski definition) is 0. The average Bonchev–Trinajstić information content (AvgIpc) is 2.89. The van der Waals surface area contributed by atoms with E-state index in [0.29, 0.717) is 0 Å². The van der Waals surface area contributed by atoms with Crippen LogP contribution < -0.4 is 4.57 Å². The van der Waals surface area contributed by atoms with Crippen molar-refractivity contribution >= 4 is 15.9 Å². The second-order valence-electron chi connectivity index (χ2n) is 4.04. The number of halogens is 1. The first-order valence-electron chi connectivity index (χ1n) is 5.73. The molecule has 3 aromatic rings. The van der Waals surface area contributed by atoms with Crippen LogP contribution in [0, 0.1) is 0 Å². The highest BCUT2D eigenvalue weighted by atomic mass is 79.9. The van der Waals surface area contributed by atoms with Crippen molar-refractivity contribution in [2.75, 3.05) is 0 Å². The molecule has 0 amide bonds. The largest absolute Gasteiger partial charge is 0.254 e. The van der Waals surface area contributed by atoms with Gasteiger partial charge in [0, 0.05) is 4.47 Å². The van der Waals surface area contributed by atoms with Crippen LogP contribution in [0.4, 0.5) is 0 Å². The van der Waals surface area contributed by atoms with Crippen molar-refractivity contribution in [1.29, 1.82) is 0 Å². The minimum absolute atomic E-state index is 1.08. The van der Waals surface area contributed by atoms with Gasteiger partial charge in [-0.15, -0.1) is 0 Å². The molecule has 0 saturated carbocycles. The molecule has 1 heterocycles. The highest BCUT2D eigenvalue weighted by molar-refractivity contribution is 9.10. The number of nitrogens with zero attached hydrogens (tertiary/aromatic N) is 2. The Balaban J connectivity index is 2.00. The summed E-state index contributed by atoms with van der Waals surface area (Å²) in [7, 11) is 0. The summed E-state index contributed by atoms with van der Waals surface area (Å²) in [6.45, 7) is 0. The monoisotopic (exact) mass is 299 g/mol.